The number of hydrogen-bond acceptors (Lipinski definition) is 3. The van der Waals surface area contributed by atoms with Gasteiger partial charge in [-0.2, -0.15) is 4.31 Å². The molecule has 0 spiro atoms. The number of carbonyl (C=O) groups is 1. The minimum absolute atomic E-state index is 0.0767. The van der Waals surface area contributed by atoms with E-state index < -0.39 is 32.7 Å². The third-order valence-corrected chi connectivity index (χ3v) is 5.97. The van der Waals surface area contributed by atoms with Crippen molar-refractivity contribution in [3.05, 3.63) is 29.0 Å². The second-order valence-corrected chi connectivity index (χ2v) is 7.44. The molecule has 21 heavy (non-hydrogen) atoms. The van der Waals surface area contributed by atoms with Gasteiger partial charge < -0.3 is 5.11 Å². The zero-order chi connectivity index (χ0) is 15.8. The summed E-state index contributed by atoms with van der Waals surface area (Å²) in [6.45, 7) is 1.95. The van der Waals surface area contributed by atoms with Crippen LogP contribution in [0.15, 0.2) is 23.1 Å². The molecule has 0 amide bonds. The normalized spacial score (nSPS) is 24.0. The standard InChI is InChI=1S/C13H15ClFNO4S/c1-8-4-5-16(11(6-8)13(17)18)21(19,20)12-7-9(15)2-3-10(12)14/h2-3,7-8,11H,4-6H2,1H3,(H,17,18). The maximum Gasteiger partial charge on any atom is 0.322 e. The van der Waals surface area contributed by atoms with Crippen molar-refractivity contribution in [3.8, 4) is 0 Å². The van der Waals surface area contributed by atoms with E-state index >= 15 is 0 Å². The van der Waals surface area contributed by atoms with Crippen LogP contribution in [0.4, 0.5) is 4.39 Å². The quantitative estimate of drug-likeness (QED) is 0.920. The van der Waals surface area contributed by atoms with Crippen molar-refractivity contribution in [1.29, 1.82) is 0 Å². The number of carboxylic acids is 1. The van der Waals surface area contributed by atoms with Gasteiger partial charge in [0.05, 0.1) is 5.02 Å². The lowest BCUT2D eigenvalue weighted by atomic mass is 9.94. The van der Waals surface area contributed by atoms with Gasteiger partial charge in [0.25, 0.3) is 0 Å². The Balaban J connectivity index is 2.46. The fraction of sp³-hybridized carbons (Fsp3) is 0.462. The molecule has 5 nitrogen and oxygen atoms in total. The first-order valence-electron chi connectivity index (χ1n) is 6.43. The Kier molecular flexibility index (Phi) is 4.55. The highest BCUT2D eigenvalue weighted by atomic mass is 35.5. The highest BCUT2D eigenvalue weighted by molar-refractivity contribution is 7.89. The first kappa shape index (κ1) is 16.2. The van der Waals surface area contributed by atoms with Crippen LogP contribution in [-0.4, -0.2) is 36.4 Å². The van der Waals surface area contributed by atoms with Crippen LogP contribution in [-0.2, 0) is 14.8 Å². The van der Waals surface area contributed by atoms with Crippen LogP contribution in [0.2, 0.25) is 5.02 Å². The fourth-order valence-electron chi connectivity index (χ4n) is 2.43. The Morgan fingerprint density at radius 2 is 2.14 bits per heavy atom. The molecule has 2 rings (SSSR count). The summed E-state index contributed by atoms with van der Waals surface area (Å²) >= 11 is 5.84. The zero-order valence-corrected chi connectivity index (χ0v) is 12.9. The first-order chi connectivity index (χ1) is 9.73. The van der Waals surface area contributed by atoms with Crippen molar-refractivity contribution < 1.29 is 22.7 Å². The molecule has 1 fully saturated rings. The lowest BCUT2D eigenvalue weighted by molar-refractivity contribution is -0.143. The van der Waals surface area contributed by atoms with Gasteiger partial charge in [-0.05, 0) is 37.0 Å². The highest BCUT2D eigenvalue weighted by Gasteiger charge is 2.40. The van der Waals surface area contributed by atoms with Gasteiger partial charge in [-0.15, -0.1) is 0 Å². The monoisotopic (exact) mass is 335 g/mol. The van der Waals surface area contributed by atoms with Gasteiger partial charge in [0.1, 0.15) is 16.8 Å². The summed E-state index contributed by atoms with van der Waals surface area (Å²) in [6, 6.07) is 1.85. The number of hydrogen-bond donors (Lipinski definition) is 1. The second-order valence-electron chi connectivity index (χ2n) is 5.17. The van der Waals surface area contributed by atoms with Gasteiger partial charge in [-0.25, -0.2) is 12.8 Å². The van der Waals surface area contributed by atoms with Gasteiger partial charge in [-0.1, -0.05) is 18.5 Å². The third-order valence-electron chi connectivity index (χ3n) is 3.58. The predicted octanol–water partition coefficient (Wildman–Crippen LogP) is 2.35. The zero-order valence-electron chi connectivity index (χ0n) is 11.3. The predicted molar refractivity (Wildman–Crippen MR) is 75.1 cm³/mol. The molecule has 1 aromatic carbocycles. The summed E-state index contributed by atoms with van der Waals surface area (Å²) in [5, 5.41) is 9.12. The number of nitrogens with zero attached hydrogens (tertiary/aromatic N) is 1. The molecular weight excluding hydrogens is 321 g/mol. The Morgan fingerprint density at radius 1 is 1.48 bits per heavy atom. The van der Waals surface area contributed by atoms with Crippen LogP contribution in [0.25, 0.3) is 0 Å². The van der Waals surface area contributed by atoms with E-state index in [2.05, 4.69) is 0 Å². The fourth-order valence-corrected chi connectivity index (χ4v) is 4.53. The summed E-state index contributed by atoms with van der Waals surface area (Å²) in [4.78, 5) is 10.9. The molecule has 1 heterocycles. The van der Waals surface area contributed by atoms with E-state index in [1.54, 1.807) is 0 Å². The van der Waals surface area contributed by atoms with E-state index in [-0.39, 0.29) is 23.9 Å². The number of sulfonamides is 1. The smallest absolute Gasteiger partial charge is 0.322 e. The molecule has 2 atom stereocenters. The average molecular weight is 336 g/mol. The van der Waals surface area contributed by atoms with Crippen molar-refractivity contribution in [2.45, 2.75) is 30.7 Å². The lowest BCUT2D eigenvalue weighted by Crippen LogP contribution is -2.49. The van der Waals surface area contributed by atoms with Crippen molar-refractivity contribution >= 4 is 27.6 Å². The molecule has 116 valence electrons. The molecule has 0 saturated carbocycles. The van der Waals surface area contributed by atoms with Crippen LogP contribution < -0.4 is 0 Å². The van der Waals surface area contributed by atoms with Crippen LogP contribution >= 0.6 is 11.6 Å². The molecule has 1 aliphatic rings. The van der Waals surface area contributed by atoms with Crippen LogP contribution in [0, 0.1) is 11.7 Å². The summed E-state index contributed by atoms with van der Waals surface area (Å²) in [5.41, 5.74) is 0. The van der Waals surface area contributed by atoms with Gasteiger partial charge in [0.15, 0.2) is 0 Å². The van der Waals surface area contributed by atoms with E-state index in [4.69, 9.17) is 11.6 Å². The van der Waals surface area contributed by atoms with E-state index in [0.29, 0.717) is 6.42 Å². The second kappa shape index (κ2) is 5.90. The summed E-state index contributed by atoms with van der Waals surface area (Å²) in [6.07, 6.45) is 0.775. The largest absolute Gasteiger partial charge is 0.480 e. The first-order valence-corrected chi connectivity index (χ1v) is 8.25. The number of aliphatic carboxylic acids is 1. The van der Waals surface area contributed by atoms with Crippen molar-refractivity contribution in [3.63, 3.8) is 0 Å². The van der Waals surface area contributed by atoms with Crippen LogP contribution in [0.1, 0.15) is 19.8 Å². The summed E-state index contributed by atoms with van der Waals surface area (Å²) < 4.78 is 39.4. The minimum atomic E-state index is -4.15. The summed E-state index contributed by atoms with van der Waals surface area (Å²) in [5.74, 6) is -1.84. The lowest BCUT2D eigenvalue weighted by Gasteiger charge is -2.35. The number of carboxylic acid groups (broad SMARTS) is 1. The Morgan fingerprint density at radius 3 is 2.76 bits per heavy atom. The topological polar surface area (TPSA) is 74.7 Å². The maximum atomic E-state index is 13.3. The number of rotatable bonds is 3. The summed E-state index contributed by atoms with van der Waals surface area (Å²) in [7, 11) is -4.15. The highest BCUT2D eigenvalue weighted by Crippen LogP contribution is 2.31. The van der Waals surface area contributed by atoms with Gasteiger partial charge in [0.2, 0.25) is 10.0 Å². The van der Waals surface area contributed by atoms with Crippen molar-refractivity contribution in [1.82, 2.24) is 4.31 Å². The van der Waals surface area contributed by atoms with E-state index in [1.807, 2.05) is 6.92 Å². The Hall–Kier alpha value is -1.18. The van der Waals surface area contributed by atoms with E-state index in [1.165, 1.54) is 0 Å². The molecule has 2 unspecified atom stereocenters. The number of benzene rings is 1. The Labute approximate surface area is 127 Å². The molecule has 1 saturated heterocycles. The van der Waals surface area contributed by atoms with Gasteiger partial charge >= 0.3 is 5.97 Å². The molecule has 8 heteroatoms. The number of piperidine rings is 1. The molecule has 0 aromatic heterocycles. The van der Waals surface area contributed by atoms with Crippen LogP contribution in [0.5, 0.6) is 0 Å². The van der Waals surface area contributed by atoms with Gasteiger partial charge in [-0.3, -0.25) is 4.79 Å². The molecular formula is C13H15ClFNO4S. The SMILES string of the molecule is CC1CCN(S(=O)(=O)c2cc(F)ccc2Cl)C(C(=O)O)C1. The molecule has 0 radical (unpaired) electrons. The molecule has 0 aliphatic carbocycles. The minimum Gasteiger partial charge on any atom is -0.480 e. The third kappa shape index (κ3) is 3.20. The molecule has 1 aliphatic heterocycles. The van der Waals surface area contributed by atoms with E-state index in [9.17, 15) is 22.7 Å². The van der Waals surface area contributed by atoms with Gasteiger partial charge in [0, 0.05) is 6.54 Å². The average Bonchev–Trinajstić information content (AvgIpc) is 2.41. The molecule has 1 N–H and O–H groups in total. The van der Waals surface area contributed by atoms with E-state index in [0.717, 1.165) is 22.5 Å². The molecule has 0 bridgehead atoms. The van der Waals surface area contributed by atoms with Crippen LogP contribution in [0.3, 0.4) is 0 Å². The maximum absolute atomic E-state index is 13.3. The van der Waals surface area contributed by atoms with Crippen molar-refractivity contribution in [2.24, 2.45) is 5.92 Å². The van der Waals surface area contributed by atoms with Crippen molar-refractivity contribution in [2.75, 3.05) is 6.54 Å². The Bertz CT molecular complexity index is 664. The molecule has 1 aromatic rings. The number of halogens is 2.